The van der Waals surface area contributed by atoms with Gasteiger partial charge < -0.3 is 10.0 Å². The lowest BCUT2D eigenvalue weighted by molar-refractivity contribution is -0.148. The van der Waals surface area contributed by atoms with Gasteiger partial charge in [-0.3, -0.25) is 19.0 Å². The maximum absolute atomic E-state index is 12.7. The van der Waals surface area contributed by atoms with Crippen LogP contribution < -0.4 is 5.56 Å². The van der Waals surface area contributed by atoms with E-state index in [-0.39, 0.29) is 18.0 Å². The van der Waals surface area contributed by atoms with Gasteiger partial charge in [0.15, 0.2) is 0 Å². The summed E-state index contributed by atoms with van der Waals surface area (Å²) in [5.41, 5.74) is -0.454. The zero-order valence-corrected chi connectivity index (χ0v) is 15.9. The number of piperidine rings is 1. The Balaban J connectivity index is 1.49. The molecule has 1 saturated heterocycles. The molecule has 0 atom stereocenters. The van der Waals surface area contributed by atoms with Gasteiger partial charge in [0, 0.05) is 13.1 Å². The molecule has 0 radical (unpaired) electrons. The molecular formula is C20H19N3O4S. The molecule has 28 heavy (non-hydrogen) atoms. The van der Waals surface area contributed by atoms with Gasteiger partial charge in [0.2, 0.25) is 5.91 Å². The first-order valence-electron chi connectivity index (χ1n) is 9.01. The SMILES string of the molecule is O=C(Cn1cnc2sccc2c1=O)N1CCC(C(=O)O)(c2ccccc2)CC1. The molecule has 0 spiro atoms. The van der Waals surface area contributed by atoms with E-state index in [1.807, 2.05) is 30.3 Å². The molecule has 0 saturated carbocycles. The van der Waals surface area contributed by atoms with E-state index in [2.05, 4.69) is 4.98 Å². The first kappa shape index (κ1) is 18.4. The van der Waals surface area contributed by atoms with Gasteiger partial charge in [0.1, 0.15) is 11.4 Å². The number of hydrogen-bond acceptors (Lipinski definition) is 5. The lowest BCUT2D eigenvalue weighted by Gasteiger charge is -2.39. The predicted octanol–water partition coefficient (Wildman–Crippen LogP) is 2.10. The molecule has 1 amide bonds. The van der Waals surface area contributed by atoms with Crippen molar-refractivity contribution in [3.05, 3.63) is 64.0 Å². The summed E-state index contributed by atoms with van der Waals surface area (Å²) in [5, 5.41) is 12.2. The van der Waals surface area contributed by atoms with Crippen molar-refractivity contribution >= 4 is 33.4 Å². The van der Waals surface area contributed by atoms with Gasteiger partial charge in [0.05, 0.1) is 17.1 Å². The number of aromatic nitrogens is 2. The van der Waals surface area contributed by atoms with Crippen LogP contribution in [0.25, 0.3) is 10.2 Å². The van der Waals surface area contributed by atoms with Crippen molar-refractivity contribution in [2.24, 2.45) is 0 Å². The monoisotopic (exact) mass is 397 g/mol. The molecule has 1 fully saturated rings. The number of carboxylic acid groups (broad SMARTS) is 1. The molecule has 1 aliphatic heterocycles. The lowest BCUT2D eigenvalue weighted by Crippen LogP contribution is -2.50. The van der Waals surface area contributed by atoms with Crippen molar-refractivity contribution in [1.29, 1.82) is 0 Å². The fourth-order valence-electron chi connectivity index (χ4n) is 3.77. The summed E-state index contributed by atoms with van der Waals surface area (Å²) in [7, 11) is 0. The Bertz CT molecular complexity index is 1080. The van der Waals surface area contributed by atoms with Crippen molar-refractivity contribution in [2.45, 2.75) is 24.8 Å². The van der Waals surface area contributed by atoms with E-state index in [9.17, 15) is 19.5 Å². The standard InChI is InChI=1S/C20H19N3O4S/c24-16(12-23-13-21-17-15(18(23)25)6-11-28-17)22-9-7-20(8-10-22,19(26)27)14-4-2-1-3-5-14/h1-6,11,13H,7-10,12H2,(H,26,27). The van der Waals surface area contributed by atoms with Gasteiger partial charge in [-0.2, -0.15) is 0 Å². The minimum absolute atomic E-state index is 0.0942. The second kappa shape index (κ2) is 7.20. The Kier molecular flexibility index (Phi) is 4.72. The number of carbonyl (C=O) groups excluding carboxylic acids is 1. The second-order valence-corrected chi connectivity index (χ2v) is 7.85. The zero-order chi connectivity index (χ0) is 19.7. The zero-order valence-electron chi connectivity index (χ0n) is 15.1. The van der Waals surface area contributed by atoms with E-state index in [4.69, 9.17) is 0 Å². The molecule has 3 aromatic rings. The highest BCUT2D eigenvalue weighted by Crippen LogP contribution is 2.36. The highest BCUT2D eigenvalue weighted by Gasteiger charge is 2.43. The Morgan fingerprint density at radius 1 is 1.14 bits per heavy atom. The quantitative estimate of drug-likeness (QED) is 0.728. The summed E-state index contributed by atoms with van der Waals surface area (Å²) in [6, 6.07) is 10.9. The molecule has 8 heteroatoms. The summed E-state index contributed by atoms with van der Waals surface area (Å²) in [6.45, 7) is 0.578. The number of amides is 1. The highest BCUT2D eigenvalue weighted by molar-refractivity contribution is 7.16. The van der Waals surface area contributed by atoms with Gasteiger partial charge >= 0.3 is 5.97 Å². The average molecular weight is 397 g/mol. The molecule has 2 aromatic heterocycles. The van der Waals surface area contributed by atoms with Crippen molar-refractivity contribution in [3.63, 3.8) is 0 Å². The number of nitrogens with zero attached hydrogens (tertiary/aromatic N) is 3. The number of benzene rings is 1. The number of carbonyl (C=O) groups is 2. The molecule has 0 aliphatic carbocycles. The number of aliphatic carboxylic acids is 1. The second-order valence-electron chi connectivity index (χ2n) is 6.95. The van der Waals surface area contributed by atoms with Crippen LogP contribution in [0.15, 0.2) is 52.9 Å². The summed E-state index contributed by atoms with van der Waals surface area (Å²) in [6.07, 6.45) is 2.08. The summed E-state index contributed by atoms with van der Waals surface area (Å²) in [4.78, 5) is 43.7. The summed E-state index contributed by atoms with van der Waals surface area (Å²) >= 11 is 1.38. The molecule has 1 N–H and O–H groups in total. The Morgan fingerprint density at radius 3 is 2.54 bits per heavy atom. The van der Waals surface area contributed by atoms with Crippen molar-refractivity contribution in [3.8, 4) is 0 Å². The molecular weight excluding hydrogens is 378 g/mol. The number of likely N-dealkylation sites (tertiary alicyclic amines) is 1. The fraction of sp³-hybridized carbons (Fsp3) is 0.300. The number of thiophene rings is 1. The average Bonchev–Trinajstić information content (AvgIpc) is 3.20. The minimum Gasteiger partial charge on any atom is -0.481 e. The maximum atomic E-state index is 12.7. The first-order chi connectivity index (χ1) is 13.5. The highest BCUT2D eigenvalue weighted by atomic mass is 32.1. The molecule has 1 aliphatic rings. The predicted molar refractivity (Wildman–Crippen MR) is 105 cm³/mol. The van der Waals surface area contributed by atoms with E-state index >= 15 is 0 Å². The Hall–Kier alpha value is -3.00. The topological polar surface area (TPSA) is 92.5 Å². The molecule has 3 heterocycles. The molecule has 1 aromatic carbocycles. The lowest BCUT2D eigenvalue weighted by atomic mass is 9.73. The van der Waals surface area contributed by atoms with Gasteiger partial charge in [-0.25, -0.2) is 4.98 Å². The number of carboxylic acids is 1. The van der Waals surface area contributed by atoms with Crippen LogP contribution >= 0.6 is 11.3 Å². The van der Waals surface area contributed by atoms with Gasteiger partial charge in [-0.1, -0.05) is 30.3 Å². The first-order valence-corrected chi connectivity index (χ1v) is 9.88. The molecule has 0 bridgehead atoms. The van der Waals surface area contributed by atoms with E-state index in [1.54, 1.807) is 16.3 Å². The van der Waals surface area contributed by atoms with Crippen LogP contribution in [-0.2, 0) is 21.5 Å². The van der Waals surface area contributed by atoms with E-state index in [0.29, 0.717) is 36.1 Å². The van der Waals surface area contributed by atoms with Crippen molar-refractivity contribution in [1.82, 2.24) is 14.5 Å². The molecule has 144 valence electrons. The number of hydrogen-bond donors (Lipinski definition) is 1. The van der Waals surface area contributed by atoms with Crippen molar-refractivity contribution in [2.75, 3.05) is 13.1 Å². The van der Waals surface area contributed by atoms with E-state index in [0.717, 1.165) is 5.56 Å². The molecule has 7 nitrogen and oxygen atoms in total. The smallest absolute Gasteiger partial charge is 0.314 e. The van der Waals surface area contributed by atoms with Crippen LogP contribution in [0, 0.1) is 0 Å². The van der Waals surface area contributed by atoms with Crippen molar-refractivity contribution < 1.29 is 14.7 Å². The van der Waals surface area contributed by atoms with Crippen LogP contribution in [0.2, 0.25) is 0 Å². The third-order valence-electron chi connectivity index (χ3n) is 5.46. The molecule has 4 rings (SSSR count). The Labute approximate surface area is 164 Å². The number of fused-ring (bicyclic) bond motifs is 1. The van der Waals surface area contributed by atoms with E-state index < -0.39 is 11.4 Å². The van der Waals surface area contributed by atoms with Crippen LogP contribution in [0.3, 0.4) is 0 Å². The van der Waals surface area contributed by atoms with Gasteiger partial charge in [-0.15, -0.1) is 11.3 Å². The maximum Gasteiger partial charge on any atom is 0.314 e. The van der Waals surface area contributed by atoms with Gasteiger partial charge in [-0.05, 0) is 29.9 Å². The van der Waals surface area contributed by atoms with Crippen LogP contribution in [0.1, 0.15) is 18.4 Å². The third-order valence-corrected chi connectivity index (χ3v) is 6.28. The van der Waals surface area contributed by atoms with Crippen LogP contribution in [0.4, 0.5) is 0 Å². The van der Waals surface area contributed by atoms with E-state index in [1.165, 1.54) is 22.2 Å². The summed E-state index contributed by atoms with van der Waals surface area (Å²) < 4.78 is 1.31. The van der Waals surface area contributed by atoms with Crippen LogP contribution in [-0.4, -0.2) is 44.5 Å². The summed E-state index contributed by atoms with van der Waals surface area (Å²) in [5.74, 6) is -1.07. The van der Waals surface area contributed by atoms with Crippen LogP contribution in [0.5, 0.6) is 0 Å². The fourth-order valence-corrected chi connectivity index (χ4v) is 4.50. The number of rotatable bonds is 4. The van der Waals surface area contributed by atoms with Gasteiger partial charge in [0.25, 0.3) is 5.56 Å². The third kappa shape index (κ3) is 3.09. The largest absolute Gasteiger partial charge is 0.481 e. The molecule has 0 unspecified atom stereocenters. The minimum atomic E-state index is -0.980. The normalized spacial score (nSPS) is 16.2. The Morgan fingerprint density at radius 2 is 1.86 bits per heavy atom.